The molecule has 20 heavy (non-hydrogen) atoms. The molecule has 0 aliphatic carbocycles. The molecule has 0 spiro atoms. The molecule has 1 aromatic rings. The molecule has 2 atom stereocenters. The maximum Gasteiger partial charge on any atom is 0.326 e. The summed E-state index contributed by atoms with van der Waals surface area (Å²) in [5.74, 6) is -1.56. The Morgan fingerprint density at radius 1 is 1.40 bits per heavy atom. The zero-order valence-electron chi connectivity index (χ0n) is 10.8. The van der Waals surface area contributed by atoms with E-state index in [9.17, 15) is 14.7 Å². The van der Waals surface area contributed by atoms with Gasteiger partial charge in [-0.2, -0.15) is 0 Å². The summed E-state index contributed by atoms with van der Waals surface area (Å²) in [5, 5.41) is 12.4. The van der Waals surface area contributed by atoms with Crippen molar-refractivity contribution < 1.29 is 19.4 Å². The lowest BCUT2D eigenvalue weighted by molar-refractivity contribution is -0.142. The van der Waals surface area contributed by atoms with E-state index in [2.05, 4.69) is 5.32 Å². The van der Waals surface area contributed by atoms with Crippen molar-refractivity contribution in [2.75, 3.05) is 13.2 Å². The van der Waals surface area contributed by atoms with Crippen molar-refractivity contribution in [2.24, 2.45) is 5.92 Å². The first-order valence-electron chi connectivity index (χ1n) is 6.41. The summed E-state index contributed by atoms with van der Waals surface area (Å²) in [5.41, 5.74) is 0.810. The van der Waals surface area contributed by atoms with E-state index in [1.54, 1.807) is 24.3 Å². The van der Waals surface area contributed by atoms with Crippen LogP contribution < -0.4 is 5.32 Å². The van der Waals surface area contributed by atoms with Crippen LogP contribution in [0.5, 0.6) is 0 Å². The number of nitrogens with one attached hydrogen (secondary N) is 1. The van der Waals surface area contributed by atoms with E-state index >= 15 is 0 Å². The van der Waals surface area contributed by atoms with Gasteiger partial charge in [0.05, 0.1) is 12.5 Å². The van der Waals surface area contributed by atoms with Gasteiger partial charge in [0.15, 0.2) is 0 Å². The van der Waals surface area contributed by atoms with Gasteiger partial charge in [0, 0.05) is 18.1 Å². The van der Waals surface area contributed by atoms with E-state index in [1.807, 2.05) is 0 Å². The van der Waals surface area contributed by atoms with E-state index in [4.69, 9.17) is 16.3 Å². The molecule has 0 unspecified atom stereocenters. The fourth-order valence-corrected chi connectivity index (χ4v) is 2.21. The van der Waals surface area contributed by atoms with E-state index in [-0.39, 0.29) is 18.2 Å². The zero-order chi connectivity index (χ0) is 14.5. The Kier molecular flexibility index (Phi) is 4.98. The molecule has 2 rings (SSSR count). The highest BCUT2D eigenvalue weighted by Gasteiger charge is 2.28. The van der Waals surface area contributed by atoms with Crippen molar-refractivity contribution in [3.05, 3.63) is 34.9 Å². The van der Waals surface area contributed by atoms with E-state index in [0.717, 1.165) is 5.56 Å². The number of halogens is 1. The Bertz CT molecular complexity index is 482. The first kappa shape index (κ1) is 14.8. The molecule has 1 heterocycles. The molecule has 0 radical (unpaired) electrons. The molecule has 6 heteroatoms. The van der Waals surface area contributed by atoms with Crippen molar-refractivity contribution in [1.82, 2.24) is 5.32 Å². The third-order valence-corrected chi connectivity index (χ3v) is 3.52. The second-order valence-corrected chi connectivity index (χ2v) is 5.23. The summed E-state index contributed by atoms with van der Waals surface area (Å²) in [6.07, 6.45) is 0.866. The maximum atomic E-state index is 11.9. The van der Waals surface area contributed by atoms with Gasteiger partial charge in [0.25, 0.3) is 0 Å². The summed E-state index contributed by atoms with van der Waals surface area (Å²) >= 11 is 5.78. The molecule has 108 valence electrons. The summed E-state index contributed by atoms with van der Waals surface area (Å²) in [6, 6.07) is 5.96. The summed E-state index contributed by atoms with van der Waals surface area (Å²) in [6.45, 7) is 0.909. The highest BCUT2D eigenvalue weighted by molar-refractivity contribution is 6.30. The molecule has 1 aliphatic heterocycles. The van der Waals surface area contributed by atoms with Gasteiger partial charge in [-0.05, 0) is 24.1 Å². The number of carbonyl (C=O) groups excluding carboxylic acids is 1. The average molecular weight is 298 g/mol. The van der Waals surface area contributed by atoms with E-state index in [0.29, 0.717) is 24.7 Å². The van der Waals surface area contributed by atoms with E-state index < -0.39 is 12.0 Å². The minimum Gasteiger partial charge on any atom is -0.480 e. The largest absolute Gasteiger partial charge is 0.480 e. The number of carbonyl (C=O) groups is 2. The topological polar surface area (TPSA) is 75.6 Å². The number of carboxylic acid groups (broad SMARTS) is 1. The van der Waals surface area contributed by atoms with E-state index in [1.165, 1.54) is 0 Å². The Morgan fingerprint density at radius 2 is 2.10 bits per heavy atom. The van der Waals surface area contributed by atoms with Gasteiger partial charge in [-0.3, -0.25) is 4.79 Å². The highest BCUT2D eigenvalue weighted by atomic mass is 35.5. The molecular formula is C14H16ClNO4. The van der Waals surface area contributed by atoms with Gasteiger partial charge in [-0.1, -0.05) is 23.7 Å². The molecule has 1 aliphatic rings. The van der Waals surface area contributed by atoms with Crippen LogP contribution in [0.1, 0.15) is 12.0 Å². The predicted molar refractivity (Wildman–Crippen MR) is 73.6 cm³/mol. The van der Waals surface area contributed by atoms with Crippen LogP contribution in [0.15, 0.2) is 24.3 Å². The van der Waals surface area contributed by atoms with Crippen LogP contribution in [0.3, 0.4) is 0 Å². The molecule has 0 aromatic heterocycles. The van der Waals surface area contributed by atoms with Gasteiger partial charge < -0.3 is 15.2 Å². The maximum absolute atomic E-state index is 11.9. The van der Waals surface area contributed by atoms with Gasteiger partial charge in [-0.15, -0.1) is 0 Å². The number of hydrogen-bond acceptors (Lipinski definition) is 3. The predicted octanol–water partition coefficient (Wildman–Crippen LogP) is 1.49. The number of rotatable bonds is 5. The van der Waals surface area contributed by atoms with Crippen LogP contribution in [0.2, 0.25) is 5.02 Å². The fraction of sp³-hybridized carbons (Fsp3) is 0.429. The molecule has 5 nitrogen and oxygen atoms in total. The standard InChI is InChI=1S/C14H16ClNO4/c15-11-3-1-9(2-4-11)7-12(14(18)19)16-13(17)10-5-6-20-8-10/h1-4,10,12H,5-8H2,(H,16,17)(H,18,19)/t10-,12+/m0/s1. The van der Waals surface area contributed by atoms with Crippen LogP contribution in [0, 0.1) is 5.92 Å². The molecule has 2 N–H and O–H groups in total. The van der Waals surface area contributed by atoms with Gasteiger partial charge in [0.2, 0.25) is 5.91 Å². The number of hydrogen-bond donors (Lipinski definition) is 2. The van der Waals surface area contributed by atoms with Crippen LogP contribution in [-0.4, -0.2) is 36.2 Å². The van der Waals surface area contributed by atoms with Crippen molar-refractivity contribution in [3.8, 4) is 0 Å². The molecular weight excluding hydrogens is 282 g/mol. The second-order valence-electron chi connectivity index (χ2n) is 4.79. The lowest BCUT2D eigenvalue weighted by Crippen LogP contribution is -2.45. The SMILES string of the molecule is O=C(N[C@H](Cc1ccc(Cl)cc1)C(=O)O)[C@H]1CCOC1. The summed E-state index contributed by atoms with van der Waals surface area (Å²) < 4.78 is 5.13. The number of amides is 1. The first-order valence-corrected chi connectivity index (χ1v) is 6.79. The Morgan fingerprint density at radius 3 is 2.65 bits per heavy atom. The lowest BCUT2D eigenvalue weighted by Gasteiger charge is -2.17. The van der Waals surface area contributed by atoms with Crippen molar-refractivity contribution in [1.29, 1.82) is 0 Å². The molecule has 0 bridgehead atoms. The Balaban J connectivity index is 1.98. The normalized spacial score (nSPS) is 19.6. The van der Waals surface area contributed by atoms with Crippen molar-refractivity contribution >= 4 is 23.5 Å². The summed E-state index contributed by atoms with van der Waals surface area (Å²) in [7, 11) is 0. The Hall–Kier alpha value is -1.59. The van der Waals surface area contributed by atoms with Crippen molar-refractivity contribution in [2.45, 2.75) is 18.9 Å². The molecule has 0 saturated carbocycles. The highest BCUT2D eigenvalue weighted by Crippen LogP contribution is 2.14. The van der Waals surface area contributed by atoms with Gasteiger partial charge >= 0.3 is 5.97 Å². The molecule has 1 amide bonds. The van der Waals surface area contributed by atoms with Crippen molar-refractivity contribution in [3.63, 3.8) is 0 Å². The number of benzene rings is 1. The fourth-order valence-electron chi connectivity index (χ4n) is 2.09. The summed E-state index contributed by atoms with van der Waals surface area (Å²) in [4.78, 5) is 23.2. The van der Waals surface area contributed by atoms with Gasteiger partial charge in [-0.25, -0.2) is 4.79 Å². The number of carboxylic acids is 1. The number of ether oxygens (including phenoxy) is 1. The Labute approximate surface area is 121 Å². The van der Waals surface area contributed by atoms with Crippen LogP contribution in [0.25, 0.3) is 0 Å². The zero-order valence-corrected chi connectivity index (χ0v) is 11.6. The third kappa shape index (κ3) is 3.95. The minimum absolute atomic E-state index is 0.228. The van der Waals surface area contributed by atoms with Crippen LogP contribution >= 0.6 is 11.6 Å². The van der Waals surface area contributed by atoms with Crippen LogP contribution in [0.4, 0.5) is 0 Å². The van der Waals surface area contributed by atoms with Gasteiger partial charge in [0.1, 0.15) is 6.04 Å². The second kappa shape index (κ2) is 6.72. The third-order valence-electron chi connectivity index (χ3n) is 3.27. The first-order chi connectivity index (χ1) is 9.56. The molecule has 1 aromatic carbocycles. The molecule has 1 saturated heterocycles. The minimum atomic E-state index is -1.05. The van der Waals surface area contributed by atoms with Crippen LogP contribution in [-0.2, 0) is 20.7 Å². The molecule has 1 fully saturated rings. The monoisotopic (exact) mass is 297 g/mol. The lowest BCUT2D eigenvalue weighted by atomic mass is 10.0. The average Bonchev–Trinajstić information content (AvgIpc) is 2.94. The smallest absolute Gasteiger partial charge is 0.326 e. The quantitative estimate of drug-likeness (QED) is 0.863. The number of aliphatic carboxylic acids is 1.